The Hall–Kier alpha value is -2.31. The monoisotopic (exact) mass is 310 g/mol. The van der Waals surface area contributed by atoms with Gasteiger partial charge in [0.1, 0.15) is 0 Å². The number of nitriles is 1. The van der Waals surface area contributed by atoms with E-state index in [0.29, 0.717) is 28.7 Å². The minimum atomic E-state index is 0.0157. The Kier molecular flexibility index (Phi) is 4.13. The van der Waals surface area contributed by atoms with Crippen LogP contribution in [0.5, 0.6) is 0 Å². The molecule has 0 N–H and O–H groups in total. The molecule has 2 aromatic rings. The Balaban J connectivity index is 1.79. The highest BCUT2D eigenvalue weighted by Crippen LogP contribution is 2.30. The van der Waals surface area contributed by atoms with Crippen molar-refractivity contribution in [2.24, 2.45) is 0 Å². The molecule has 0 unspecified atom stereocenters. The highest BCUT2D eigenvalue weighted by atomic mass is 35.5. The average molecular weight is 311 g/mol. The summed E-state index contributed by atoms with van der Waals surface area (Å²) in [5, 5.41) is 9.53. The molecule has 0 aromatic heterocycles. The van der Waals surface area contributed by atoms with Gasteiger partial charge in [0.2, 0.25) is 0 Å². The average Bonchev–Trinajstić information content (AvgIpc) is 3.38. The van der Waals surface area contributed by atoms with E-state index in [2.05, 4.69) is 6.07 Å². The van der Waals surface area contributed by atoms with Gasteiger partial charge in [-0.3, -0.25) is 4.79 Å². The summed E-state index contributed by atoms with van der Waals surface area (Å²) in [7, 11) is 0. The molecule has 0 atom stereocenters. The Morgan fingerprint density at radius 2 is 1.77 bits per heavy atom. The number of halogens is 1. The maximum Gasteiger partial charge on any atom is 0.254 e. The molecule has 0 saturated heterocycles. The van der Waals surface area contributed by atoms with E-state index in [0.717, 1.165) is 18.4 Å². The zero-order valence-corrected chi connectivity index (χ0v) is 12.8. The van der Waals surface area contributed by atoms with Crippen molar-refractivity contribution in [3.05, 3.63) is 70.2 Å². The van der Waals surface area contributed by atoms with E-state index in [1.807, 2.05) is 29.2 Å². The van der Waals surface area contributed by atoms with Gasteiger partial charge in [-0.15, -0.1) is 0 Å². The molecule has 1 aliphatic rings. The molecule has 1 amide bonds. The molecule has 1 aliphatic carbocycles. The molecule has 0 aliphatic heterocycles. The van der Waals surface area contributed by atoms with E-state index in [4.69, 9.17) is 16.9 Å². The number of carbonyl (C=O) groups excluding carboxylic acids is 1. The molecule has 1 saturated carbocycles. The summed E-state index contributed by atoms with van der Waals surface area (Å²) in [6, 6.07) is 16.8. The van der Waals surface area contributed by atoms with Crippen molar-refractivity contribution >= 4 is 17.5 Å². The van der Waals surface area contributed by atoms with Crippen LogP contribution in [0.2, 0.25) is 5.02 Å². The van der Waals surface area contributed by atoms with Crippen molar-refractivity contribution in [2.75, 3.05) is 0 Å². The smallest absolute Gasteiger partial charge is 0.254 e. The summed E-state index contributed by atoms with van der Waals surface area (Å²) in [4.78, 5) is 14.6. The Morgan fingerprint density at radius 3 is 2.32 bits per heavy atom. The summed E-state index contributed by atoms with van der Waals surface area (Å²) in [5.41, 5.74) is 2.25. The van der Waals surface area contributed by atoms with Crippen molar-refractivity contribution in [3.63, 3.8) is 0 Å². The van der Waals surface area contributed by atoms with Crippen molar-refractivity contribution in [1.29, 1.82) is 5.26 Å². The van der Waals surface area contributed by atoms with Crippen LogP contribution in [0.1, 0.15) is 34.3 Å². The van der Waals surface area contributed by atoms with E-state index in [9.17, 15) is 4.79 Å². The number of carbonyl (C=O) groups is 1. The van der Waals surface area contributed by atoms with Gasteiger partial charge in [0.25, 0.3) is 5.91 Å². The fraction of sp³-hybridized carbons (Fsp3) is 0.222. The summed E-state index contributed by atoms with van der Waals surface area (Å²) in [6.07, 6.45) is 2.10. The van der Waals surface area contributed by atoms with Gasteiger partial charge >= 0.3 is 0 Å². The molecule has 1 fully saturated rings. The quantitative estimate of drug-likeness (QED) is 0.856. The third-order valence-corrected chi connectivity index (χ3v) is 4.03. The maximum atomic E-state index is 12.7. The van der Waals surface area contributed by atoms with Gasteiger partial charge in [-0.2, -0.15) is 5.26 Å². The first-order valence-corrected chi connectivity index (χ1v) is 7.61. The molecule has 4 heteroatoms. The van der Waals surface area contributed by atoms with Crippen LogP contribution in [-0.4, -0.2) is 16.8 Å². The third-order valence-electron chi connectivity index (χ3n) is 3.78. The lowest BCUT2D eigenvalue weighted by Gasteiger charge is -2.22. The van der Waals surface area contributed by atoms with Crippen molar-refractivity contribution in [1.82, 2.24) is 4.90 Å². The first-order chi connectivity index (χ1) is 10.7. The van der Waals surface area contributed by atoms with E-state index in [1.165, 1.54) is 0 Å². The van der Waals surface area contributed by atoms with Gasteiger partial charge in [0, 0.05) is 23.2 Å². The Bertz CT molecular complexity index is 712. The summed E-state index contributed by atoms with van der Waals surface area (Å²) >= 11 is 5.90. The molecule has 0 spiro atoms. The number of hydrogen-bond acceptors (Lipinski definition) is 2. The highest BCUT2D eigenvalue weighted by Gasteiger charge is 2.33. The second-order valence-corrected chi connectivity index (χ2v) is 5.92. The van der Waals surface area contributed by atoms with Crippen LogP contribution in [0.3, 0.4) is 0 Å². The molecule has 0 radical (unpaired) electrons. The van der Waals surface area contributed by atoms with E-state index >= 15 is 0 Å². The number of nitrogens with zero attached hydrogens (tertiary/aromatic N) is 2. The van der Waals surface area contributed by atoms with Crippen LogP contribution in [0.4, 0.5) is 0 Å². The Labute approximate surface area is 134 Å². The molecule has 110 valence electrons. The molecular weight excluding hydrogens is 296 g/mol. The molecule has 0 heterocycles. The van der Waals surface area contributed by atoms with Gasteiger partial charge in [0.15, 0.2) is 0 Å². The van der Waals surface area contributed by atoms with Crippen LogP contribution in [-0.2, 0) is 6.54 Å². The first kappa shape index (κ1) is 14.6. The van der Waals surface area contributed by atoms with Gasteiger partial charge in [-0.1, -0.05) is 23.7 Å². The van der Waals surface area contributed by atoms with Crippen molar-refractivity contribution in [2.45, 2.75) is 25.4 Å². The molecule has 3 rings (SSSR count). The van der Waals surface area contributed by atoms with Crippen LogP contribution in [0.15, 0.2) is 48.5 Å². The summed E-state index contributed by atoms with van der Waals surface area (Å²) < 4.78 is 0. The molecule has 2 aromatic carbocycles. The lowest BCUT2D eigenvalue weighted by atomic mass is 10.1. The van der Waals surface area contributed by atoms with Crippen LogP contribution < -0.4 is 0 Å². The lowest BCUT2D eigenvalue weighted by Crippen LogP contribution is -2.32. The fourth-order valence-electron chi connectivity index (χ4n) is 2.39. The minimum absolute atomic E-state index is 0.0157. The van der Waals surface area contributed by atoms with Crippen molar-refractivity contribution < 1.29 is 4.79 Å². The highest BCUT2D eigenvalue weighted by molar-refractivity contribution is 6.30. The normalized spacial score (nSPS) is 13.5. The standard InChI is InChI=1S/C18H15ClN2O/c19-16-7-3-14(4-8-16)12-21(17-9-10-17)18(22)15-5-1-13(11-20)2-6-15/h1-8,17H,9-10,12H2. The lowest BCUT2D eigenvalue weighted by molar-refractivity contribution is 0.0730. The van der Waals surface area contributed by atoms with Crippen molar-refractivity contribution in [3.8, 4) is 6.07 Å². The molecular formula is C18H15ClN2O. The fourth-order valence-corrected chi connectivity index (χ4v) is 2.52. The van der Waals surface area contributed by atoms with Crippen LogP contribution >= 0.6 is 11.6 Å². The SMILES string of the molecule is N#Cc1ccc(C(=O)N(Cc2ccc(Cl)cc2)C2CC2)cc1. The maximum absolute atomic E-state index is 12.7. The third kappa shape index (κ3) is 3.29. The largest absolute Gasteiger partial charge is 0.331 e. The predicted octanol–water partition coefficient (Wildman–Crippen LogP) is 4.02. The van der Waals surface area contributed by atoms with Gasteiger partial charge in [-0.05, 0) is 54.8 Å². The minimum Gasteiger partial charge on any atom is -0.331 e. The number of hydrogen-bond donors (Lipinski definition) is 0. The van der Waals surface area contributed by atoms with Crippen LogP contribution in [0, 0.1) is 11.3 Å². The molecule has 3 nitrogen and oxygen atoms in total. The van der Waals surface area contributed by atoms with E-state index < -0.39 is 0 Å². The first-order valence-electron chi connectivity index (χ1n) is 7.23. The number of rotatable bonds is 4. The van der Waals surface area contributed by atoms with E-state index in [-0.39, 0.29) is 5.91 Å². The molecule has 0 bridgehead atoms. The zero-order valence-electron chi connectivity index (χ0n) is 12.0. The predicted molar refractivity (Wildman–Crippen MR) is 85.5 cm³/mol. The second-order valence-electron chi connectivity index (χ2n) is 5.48. The Morgan fingerprint density at radius 1 is 1.14 bits per heavy atom. The molecule has 22 heavy (non-hydrogen) atoms. The second kappa shape index (κ2) is 6.21. The zero-order chi connectivity index (χ0) is 15.5. The number of benzene rings is 2. The topological polar surface area (TPSA) is 44.1 Å². The number of amides is 1. The summed E-state index contributed by atoms with van der Waals surface area (Å²) in [6.45, 7) is 0.584. The summed E-state index contributed by atoms with van der Waals surface area (Å²) in [5.74, 6) is 0.0157. The van der Waals surface area contributed by atoms with Crippen LogP contribution in [0.25, 0.3) is 0 Å². The van der Waals surface area contributed by atoms with Gasteiger partial charge < -0.3 is 4.90 Å². The van der Waals surface area contributed by atoms with Gasteiger partial charge in [-0.25, -0.2) is 0 Å². The van der Waals surface area contributed by atoms with E-state index in [1.54, 1.807) is 24.3 Å². The van der Waals surface area contributed by atoms with Gasteiger partial charge in [0.05, 0.1) is 11.6 Å².